The lowest BCUT2D eigenvalue weighted by Gasteiger charge is -2.17. The number of amides is 1. The summed E-state index contributed by atoms with van der Waals surface area (Å²) >= 11 is 0. The van der Waals surface area contributed by atoms with Crippen LogP contribution in [0.2, 0.25) is 0 Å². The van der Waals surface area contributed by atoms with E-state index in [0.29, 0.717) is 19.8 Å². The molecule has 1 amide bonds. The molecule has 0 spiro atoms. The van der Waals surface area contributed by atoms with Crippen LogP contribution in [-0.2, 0) is 16.1 Å². The predicted molar refractivity (Wildman–Crippen MR) is 72.6 cm³/mol. The number of hydrogen-bond acceptors (Lipinski definition) is 4. The van der Waals surface area contributed by atoms with Crippen molar-refractivity contribution in [3.63, 3.8) is 0 Å². The first-order valence-corrected chi connectivity index (χ1v) is 6.71. The van der Waals surface area contributed by atoms with Crippen molar-refractivity contribution in [1.82, 2.24) is 15.6 Å². The van der Waals surface area contributed by atoms with Crippen LogP contribution in [0.3, 0.4) is 0 Å². The van der Waals surface area contributed by atoms with Gasteiger partial charge in [0.25, 0.3) is 0 Å². The summed E-state index contributed by atoms with van der Waals surface area (Å²) in [4.78, 5) is 16.3. The van der Waals surface area contributed by atoms with Gasteiger partial charge in [-0.15, -0.1) is 0 Å². The Kier molecular flexibility index (Phi) is 4.87. The molecule has 5 heteroatoms. The molecule has 1 aromatic rings. The van der Waals surface area contributed by atoms with E-state index < -0.39 is 0 Å². The molecule has 1 aromatic heterocycles. The lowest BCUT2D eigenvalue weighted by Crippen LogP contribution is -2.43. The van der Waals surface area contributed by atoms with E-state index in [2.05, 4.69) is 15.6 Å². The smallest absolute Gasteiger partial charge is 0.227 e. The van der Waals surface area contributed by atoms with Crippen molar-refractivity contribution in [2.45, 2.75) is 26.4 Å². The molecule has 2 N–H and O–H groups in total. The molecule has 0 saturated carbocycles. The van der Waals surface area contributed by atoms with Crippen LogP contribution in [0.4, 0.5) is 0 Å². The fourth-order valence-electron chi connectivity index (χ4n) is 2.20. The monoisotopic (exact) mass is 263 g/mol. The van der Waals surface area contributed by atoms with Crippen molar-refractivity contribution >= 4 is 5.91 Å². The highest BCUT2D eigenvalue weighted by Crippen LogP contribution is 2.14. The molecule has 2 rings (SSSR count). The Balaban J connectivity index is 1.85. The number of pyridine rings is 1. The third-order valence-electron chi connectivity index (χ3n) is 3.32. The summed E-state index contributed by atoms with van der Waals surface area (Å²) < 4.78 is 5.38. The van der Waals surface area contributed by atoms with Gasteiger partial charge in [-0.2, -0.15) is 0 Å². The molecule has 19 heavy (non-hydrogen) atoms. The number of hydrogen-bond donors (Lipinski definition) is 2. The van der Waals surface area contributed by atoms with E-state index in [-0.39, 0.29) is 17.9 Å². The third-order valence-corrected chi connectivity index (χ3v) is 3.32. The first-order valence-electron chi connectivity index (χ1n) is 6.71. The van der Waals surface area contributed by atoms with Crippen molar-refractivity contribution < 1.29 is 9.53 Å². The Morgan fingerprint density at radius 1 is 1.47 bits per heavy atom. The maximum absolute atomic E-state index is 12.1. The van der Waals surface area contributed by atoms with Gasteiger partial charge in [-0.3, -0.25) is 9.78 Å². The second-order valence-electron chi connectivity index (χ2n) is 4.83. The number of nitrogens with zero attached hydrogens (tertiary/aromatic N) is 1. The van der Waals surface area contributed by atoms with Gasteiger partial charge in [-0.25, -0.2) is 0 Å². The van der Waals surface area contributed by atoms with Gasteiger partial charge in [-0.1, -0.05) is 13.0 Å². The SMILES string of the molecule is CCNC1COCC1C(=O)NCc1ccc(C)nc1. The topological polar surface area (TPSA) is 63.2 Å². The molecule has 5 nitrogen and oxygen atoms in total. The van der Waals surface area contributed by atoms with E-state index >= 15 is 0 Å². The van der Waals surface area contributed by atoms with Gasteiger partial charge in [0, 0.05) is 24.5 Å². The average molecular weight is 263 g/mol. The molecule has 0 radical (unpaired) electrons. The summed E-state index contributed by atoms with van der Waals surface area (Å²) in [5.74, 6) is -0.0533. The molecule has 2 atom stereocenters. The second-order valence-corrected chi connectivity index (χ2v) is 4.83. The minimum atomic E-state index is -0.0987. The van der Waals surface area contributed by atoms with E-state index in [1.807, 2.05) is 26.0 Å². The Hall–Kier alpha value is -1.46. The Morgan fingerprint density at radius 2 is 2.32 bits per heavy atom. The standard InChI is InChI=1S/C14H21N3O2/c1-3-15-13-9-19-8-12(13)14(18)17-7-11-5-4-10(2)16-6-11/h4-6,12-13,15H,3,7-9H2,1-2H3,(H,17,18). The lowest BCUT2D eigenvalue weighted by atomic mass is 10.0. The summed E-state index contributed by atoms with van der Waals surface area (Å²) in [5, 5.41) is 6.23. The summed E-state index contributed by atoms with van der Waals surface area (Å²) in [5.41, 5.74) is 1.99. The number of ether oxygens (including phenoxy) is 1. The van der Waals surface area contributed by atoms with Crippen molar-refractivity contribution in [1.29, 1.82) is 0 Å². The first-order chi connectivity index (χ1) is 9.20. The van der Waals surface area contributed by atoms with Crippen LogP contribution in [0.5, 0.6) is 0 Å². The minimum Gasteiger partial charge on any atom is -0.379 e. The summed E-state index contributed by atoms with van der Waals surface area (Å²) in [7, 11) is 0. The number of aromatic nitrogens is 1. The van der Waals surface area contributed by atoms with E-state index in [1.165, 1.54) is 0 Å². The summed E-state index contributed by atoms with van der Waals surface area (Å²) in [6.45, 7) is 6.44. The number of carbonyl (C=O) groups is 1. The highest BCUT2D eigenvalue weighted by molar-refractivity contribution is 5.79. The molecule has 1 saturated heterocycles. The molecule has 1 fully saturated rings. The number of likely N-dealkylation sites (N-methyl/N-ethyl adjacent to an activating group) is 1. The summed E-state index contributed by atoms with van der Waals surface area (Å²) in [6.07, 6.45) is 1.79. The van der Waals surface area contributed by atoms with Crippen LogP contribution in [0.1, 0.15) is 18.2 Å². The molecular formula is C14H21N3O2. The minimum absolute atomic E-state index is 0.0454. The fourth-order valence-corrected chi connectivity index (χ4v) is 2.20. The third kappa shape index (κ3) is 3.75. The van der Waals surface area contributed by atoms with Gasteiger partial charge in [0.05, 0.1) is 19.1 Å². The molecule has 104 valence electrons. The van der Waals surface area contributed by atoms with Crippen LogP contribution in [0.15, 0.2) is 18.3 Å². The highest BCUT2D eigenvalue weighted by Gasteiger charge is 2.33. The van der Waals surface area contributed by atoms with Crippen LogP contribution >= 0.6 is 0 Å². The van der Waals surface area contributed by atoms with E-state index in [9.17, 15) is 4.79 Å². The largest absolute Gasteiger partial charge is 0.379 e. The van der Waals surface area contributed by atoms with Gasteiger partial charge in [-0.05, 0) is 25.1 Å². The zero-order chi connectivity index (χ0) is 13.7. The highest BCUT2D eigenvalue weighted by atomic mass is 16.5. The van der Waals surface area contributed by atoms with Crippen molar-refractivity contribution in [2.24, 2.45) is 5.92 Å². The van der Waals surface area contributed by atoms with Crippen LogP contribution in [-0.4, -0.2) is 36.7 Å². The number of nitrogens with one attached hydrogen (secondary N) is 2. The molecule has 1 aliphatic heterocycles. The van der Waals surface area contributed by atoms with Gasteiger partial charge in [0.2, 0.25) is 5.91 Å². The molecular weight excluding hydrogens is 242 g/mol. The van der Waals surface area contributed by atoms with Gasteiger partial charge < -0.3 is 15.4 Å². The molecule has 0 aliphatic carbocycles. The van der Waals surface area contributed by atoms with Crippen molar-refractivity contribution in [3.05, 3.63) is 29.6 Å². The van der Waals surface area contributed by atoms with Crippen molar-refractivity contribution in [2.75, 3.05) is 19.8 Å². The number of aryl methyl sites for hydroxylation is 1. The van der Waals surface area contributed by atoms with Gasteiger partial charge in [0.1, 0.15) is 0 Å². The first kappa shape index (κ1) is 14.0. The predicted octanol–water partition coefficient (Wildman–Crippen LogP) is 0.631. The average Bonchev–Trinajstić information content (AvgIpc) is 2.86. The maximum atomic E-state index is 12.1. The van der Waals surface area contributed by atoms with E-state index in [1.54, 1.807) is 6.20 Å². The van der Waals surface area contributed by atoms with Crippen LogP contribution in [0.25, 0.3) is 0 Å². The van der Waals surface area contributed by atoms with Gasteiger partial charge in [0.15, 0.2) is 0 Å². The van der Waals surface area contributed by atoms with E-state index in [4.69, 9.17) is 4.74 Å². The molecule has 0 bridgehead atoms. The molecule has 1 aliphatic rings. The normalized spacial score (nSPS) is 22.4. The molecule has 2 heterocycles. The quantitative estimate of drug-likeness (QED) is 0.818. The zero-order valence-electron chi connectivity index (χ0n) is 11.5. The fraction of sp³-hybridized carbons (Fsp3) is 0.571. The zero-order valence-corrected chi connectivity index (χ0v) is 11.5. The maximum Gasteiger partial charge on any atom is 0.227 e. The number of carbonyl (C=O) groups excluding carboxylic acids is 1. The van der Waals surface area contributed by atoms with Gasteiger partial charge >= 0.3 is 0 Å². The Morgan fingerprint density at radius 3 is 3.00 bits per heavy atom. The van der Waals surface area contributed by atoms with Crippen molar-refractivity contribution in [3.8, 4) is 0 Å². The van der Waals surface area contributed by atoms with Crippen LogP contribution < -0.4 is 10.6 Å². The molecule has 0 aromatic carbocycles. The summed E-state index contributed by atoms with van der Waals surface area (Å²) in [6, 6.07) is 4.05. The second kappa shape index (κ2) is 6.63. The van der Waals surface area contributed by atoms with E-state index in [0.717, 1.165) is 17.8 Å². The lowest BCUT2D eigenvalue weighted by molar-refractivity contribution is -0.125. The number of rotatable bonds is 5. The van der Waals surface area contributed by atoms with Crippen LogP contribution in [0, 0.1) is 12.8 Å². The molecule has 2 unspecified atom stereocenters. The Labute approximate surface area is 113 Å². The Bertz CT molecular complexity index is 419.